The first-order valence-corrected chi connectivity index (χ1v) is 12.0. The molecule has 170 valence electrons. The van der Waals surface area contributed by atoms with E-state index < -0.39 is 0 Å². The van der Waals surface area contributed by atoms with Gasteiger partial charge < -0.3 is 4.90 Å². The first-order valence-electron chi connectivity index (χ1n) is 12.0. The van der Waals surface area contributed by atoms with E-state index in [1.807, 2.05) is 16.9 Å². The van der Waals surface area contributed by atoms with Crippen molar-refractivity contribution in [3.63, 3.8) is 0 Å². The van der Waals surface area contributed by atoms with Crippen LogP contribution in [-0.4, -0.2) is 45.8 Å². The smallest absolute Gasteiger partial charge is 0.0935 e. The Morgan fingerprint density at radius 2 is 1.85 bits per heavy atom. The molecule has 0 radical (unpaired) electrons. The quantitative estimate of drug-likeness (QED) is 0.408. The van der Waals surface area contributed by atoms with Gasteiger partial charge in [-0.3, -0.25) is 9.88 Å². The fraction of sp³-hybridized carbons (Fsp3) is 0.357. The third-order valence-corrected chi connectivity index (χ3v) is 6.60. The van der Waals surface area contributed by atoms with Crippen LogP contribution in [0.4, 0.5) is 5.69 Å². The Labute approximate surface area is 196 Å². The van der Waals surface area contributed by atoms with Gasteiger partial charge in [-0.15, -0.1) is 0 Å². The lowest BCUT2D eigenvalue weighted by atomic mass is 9.99. The standard InChI is InChI=1S/C28H33N5/c1-21(2)24-18-23-8-5-11-29-28(23)27(19-24)32-13-6-12-31(15-16-32)20-25-10-14-33(30-25)26-9-4-7-22(3)17-26/h4-5,7-11,14,17-19,21H,6,12-13,15-16,20H2,1-3H3. The summed E-state index contributed by atoms with van der Waals surface area (Å²) < 4.78 is 1.99. The number of fused-ring (bicyclic) bond motifs is 1. The summed E-state index contributed by atoms with van der Waals surface area (Å²) in [6.45, 7) is 11.7. The van der Waals surface area contributed by atoms with Gasteiger partial charge in [0.25, 0.3) is 0 Å². The van der Waals surface area contributed by atoms with Crippen molar-refractivity contribution in [1.29, 1.82) is 0 Å². The van der Waals surface area contributed by atoms with Crippen LogP contribution in [0.1, 0.15) is 43.0 Å². The van der Waals surface area contributed by atoms with E-state index in [0.29, 0.717) is 5.92 Å². The van der Waals surface area contributed by atoms with Crippen molar-refractivity contribution in [3.05, 3.63) is 83.8 Å². The molecule has 3 heterocycles. The fourth-order valence-corrected chi connectivity index (χ4v) is 4.73. The van der Waals surface area contributed by atoms with Gasteiger partial charge in [-0.2, -0.15) is 5.10 Å². The highest BCUT2D eigenvalue weighted by molar-refractivity contribution is 5.91. The molecule has 1 fully saturated rings. The van der Waals surface area contributed by atoms with Crippen LogP contribution in [0.15, 0.2) is 67.0 Å². The zero-order chi connectivity index (χ0) is 22.8. The van der Waals surface area contributed by atoms with Crippen molar-refractivity contribution in [2.24, 2.45) is 0 Å². The SMILES string of the molecule is Cc1cccc(-n2ccc(CN3CCCN(c4cc(C(C)C)cc5cccnc45)CC3)n2)c1. The predicted molar refractivity (Wildman–Crippen MR) is 136 cm³/mol. The van der Waals surface area contributed by atoms with E-state index in [2.05, 4.69) is 85.3 Å². The minimum atomic E-state index is 0.500. The Balaban J connectivity index is 1.31. The molecule has 1 aliphatic heterocycles. The zero-order valence-electron chi connectivity index (χ0n) is 19.9. The number of hydrogen-bond acceptors (Lipinski definition) is 4. The van der Waals surface area contributed by atoms with E-state index in [-0.39, 0.29) is 0 Å². The third-order valence-electron chi connectivity index (χ3n) is 6.60. The highest BCUT2D eigenvalue weighted by Gasteiger charge is 2.19. The van der Waals surface area contributed by atoms with Gasteiger partial charge in [-0.25, -0.2) is 4.68 Å². The molecule has 33 heavy (non-hydrogen) atoms. The van der Waals surface area contributed by atoms with Crippen molar-refractivity contribution in [2.75, 3.05) is 31.1 Å². The van der Waals surface area contributed by atoms with Crippen LogP contribution in [0.5, 0.6) is 0 Å². The number of aryl methyl sites for hydroxylation is 1. The number of rotatable bonds is 5. The van der Waals surface area contributed by atoms with Crippen LogP contribution in [-0.2, 0) is 6.54 Å². The van der Waals surface area contributed by atoms with Crippen molar-refractivity contribution in [2.45, 2.75) is 39.7 Å². The molecule has 5 rings (SSSR count). The lowest BCUT2D eigenvalue weighted by Gasteiger charge is -2.25. The molecule has 4 aromatic rings. The number of nitrogens with zero attached hydrogens (tertiary/aromatic N) is 5. The Morgan fingerprint density at radius 3 is 2.70 bits per heavy atom. The number of pyridine rings is 1. The second kappa shape index (κ2) is 9.36. The van der Waals surface area contributed by atoms with Crippen molar-refractivity contribution in [1.82, 2.24) is 19.7 Å². The Morgan fingerprint density at radius 1 is 0.939 bits per heavy atom. The summed E-state index contributed by atoms with van der Waals surface area (Å²) in [5, 5.41) is 6.08. The lowest BCUT2D eigenvalue weighted by Crippen LogP contribution is -2.31. The maximum absolute atomic E-state index is 4.85. The van der Waals surface area contributed by atoms with Crippen LogP contribution in [0.25, 0.3) is 16.6 Å². The highest BCUT2D eigenvalue weighted by Crippen LogP contribution is 2.31. The van der Waals surface area contributed by atoms with Crippen LogP contribution in [0.3, 0.4) is 0 Å². The molecule has 5 heteroatoms. The van der Waals surface area contributed by atoms with Crippen LogP contribution in [0, 0.1) is 6.92 Å². The van der Waals surface area contributed by atoms with Crippen molar-refractivity contribution < 1.29 is 0 Å². The summed E-state index contributed by atoms with van der Waals surface area (Å²) >= 11 is 0. The highest BCUT2D eigenvalue weighted by atomic mass is 15.3. The van der Waals surface area contributed by atoms with Crippen LogP contribution < -0.4 is 4.90 Å². The second-order valence-corrected chi connectivity index (χ2v) is 9.48. The minimum Gasteiger partial charge on any atom is -0.368 e. The van der Waals surface area contributed by atoms with Gasteiger partial charge in [0.15, 0.2) is 0 Å². The summed E-state index contributed by atoms with van der Waals surface area (Å²) in [5.74, 6) is 0.500. The van der Waals surface area contributed by atoms with E-state index in [1.54, 1.807) is 0 Å². The molecule has 1 saturated heterocycles. The van der Waals surface area contributed by atoms with E-state index in [9.17, 15) is 0 Å². The number of aromatic nitrogens is 3. The average molecular weight is 440 g/mol. The first kappa shape index (κ1) is 21.7. The third kappa shape index (κ3) is 4.79. The molecule has 0 unspecified atom stereocenters. The maximum Gasteiger partial charge on any atom is 0.0935 e. The Kier molecular flexibility index (Phi) is 6.14. The molecular weight excluding hydrogens is 406 g/mol. The van der Waals surface area contributed by atoms with E-state index in [1.165, 1.54) is 22.2 Å². The number of anilines is 1. The molecule has 2 aromatic carbocycles. The van der Waals surface area contributed by atoms with Gasteiger partial charge >= 0.3 is 0 Å². The topological polar surface area (TPSA) is 37.2 Å². The molecule has 0 atom stereocenters. The molecule has 0 spiro atoms. The molecule has 1 aliphatic rings. The largest absolute Gasteiger partial charge is 0.368 e. The van der Waals surface area contributed by atoms with Gasteiger partial charge in [-0.05, 0) is 66.8 Å². The molecule has 0 N–H and O–H groups in total. The van der Waals surface area contributed by atoms with Gasteiger partial charge in [-0.1, -0.05) is 32.0 Å². The summed E-state index contributed by atoms with van der Waals surface area (Å²) in [7, 11) is 0. The Bertz CT molecular complexity index is 1240. The number of benzene rings is 2. The van der Waals surface area contributed by atoms with Gasteiger partial charge in [0.1, 0.15) is 0 Å². The van der Waals surface area contributed by atoms with Crippen LogP contribution >= 0.6 is 0 Å². The minimum absolute atomic E-state index is 0.500. The summed E-state index contributed by atoms with van der Waals surface area (Å²) in [4.78, 5) is 9.81. The zero-order valence-corrected chi connectivity index (χ0v) is 19.9. The first-order chi connectivity index (χ1) is 16.1. The molecule has 0 amide bonds. The van der Waals surface area contributed by atoms with Crippen molar-refractivity contribution >= 4 is 16.6 Å². The lowest BCUT2D eigenvalue weighted by molar-refractivity contribution is 0.281. The van der Waals surface area contributed by atoms with Crippen molar-refractivity contribution in [3.8, 4) is 5.69 Å². The second-order valence-electron chi connectivity index (χ2n) is 9.48. The molecule has 5 nitrogen and oxygen atoms in total. The monoisotopic (exact) mass is 439 g/mol. The molecule has 0 bridgehead atoms. The van der Waals surface area contributed by atoms with E-state index in [0.717, 1.165) is 56.0 Å². The normalized spacial score (nSPS) is 15.3. The maximum atomic E-state index is 4.85. The fourth-order valence-electron chi connectivity index (χ4n) is 4.73. The molecule has 2 aromatic heterocycles. The van der Waals surface area contributed by atoms with Gasteiger partial charge in [0, 0.05) is 50.5 Å². The summed E-state index contributed by atoms with van der Waals surface area (Å²) in [5.41, 5.74) is 7.27. The average Bonchev–Trinajstić information content (AvgIpc) is 3.16. The molecule has 0 aliphatic carbocycles. The van der Waals surface area contributed by atoms with E-state index in [4.69, 9.17) is 10.1 Å². The van der Waals surface area contributed by atoms with Crippen LogP contribution in [0.2, 0.25) is 0 Å². The summed E-state index contributed by atoms with van der Waals surface area (Å²) in [6, 6.07) is 19.5. The Hall–Kier alpha value is -3.18. The molecular formula is C28H33N5. The summed E-state index contributed by atoms with van der Waals surface area (Å²) in [6.07, 6.45) is 5.12. The van der Waals surface area contributed by atoms with Gasteiger partial charge in [0.2, 0.25) is 0 Å². The van der Waals surface area contributed by atoms with E-state index >= 15 is 0 Å². The predicted octanol–water partition coefficient (Wildman–Crippen LogP) is 5.56. The van der Waals surface area contributed by atoms with Gasteiger partial charge in [0.05, 0.1) is 22.6 Å². The number of hydrogen-bond donors (Lipinski definition) is 0. The molecule has 0 saturated carbocycles.